The summed E-state index contributed by atoms with van der Waals surface area (Å²) < 4.78 is 30.0. The third-order valence-electron chi connectivity index (χ3n) is 7.67. The number of benzene rings is 1. The molecule has 0 N–H and O–H groups in total. The first kappa shape index (κ1) is 38.2. The highest BCUT2D eigenvalue weighted by Crippen LogP contribution is 2.41. The normalized spacial score (nSPS) is 17.5. The van der Waals surface area contributed by atoms with E-state index in [0.717, 1.165) is 12.8 Å². The monoisotopic (exact) mass is 650 g/mol. The van der Waals surface area contributed by atoms with E-state index >= 15 is 0 Å². The van der Waals surface area contributed by atoms with Gasteiger partial charge in [-0.15, -0.1) is 6.58 Å². The maximum atomic E-state index is 13.1. The van der Waals surface area contributed by atoms with Crippen LogP contribution in [0.15, 0.2) is 24.8 Å². The number of hydrogen-bond donors (Lipinski definition) is 0. The molecule has 0 amide bonds. The number of nitro benzene ring substituents is 1. The van der Waals surface area contributed by atoms with Crippen LogP contribution in [0.3, 0.4) is 0 Å². The summed E-state index contributed by atoms with van der Waals surface area (Å²) in [4.78, 5) is 39.7. The standard InChI is InChI=1S/C33H54N2O9Si/c1-13-17-40-26-15-14-16-27(26)42-28-19-24(35(38)39)23(22-41-45(11,12)33(8,9)10)18-25(28)34(20-29(36)43-31(2,3)4)21-30(37)44-32(5,6)7/h13,18-19,26-27H,1,14-17,20-22H2,2-12H3/t26-,27-/m1/s1. The molecule has 0 radical (unpaired) electrons. The Morgan fingerprint density at radius 3 is 1.98 bits per heavy atom. The molecule has 0 heterocycles. The minimum Gasteiger partial charge on any atom is -0.485 e. The molecular formula is C33H54N2O9Si. The molecule has 0 unspecified atom stereocenters. The Hall–Kier alpha value is -2.96. The average molecular weight is 651 g/mol. The van der Waals surface area contributed by atoms with Crippen LogP contribution < -0.4 is 9.64 Å². The number of anilines is 1. The summed E-state index contributed by atoms with van der Waals surface area (Å²) in [5, 5.41) is 12.3. The Morgan fingerprint density at radius 2 is 1.51 bits per heavy atom. The van der Waals surface area contributed by atoms with E-state index in [2.05, 4.69) is 40.4 Å². The lowest BCUT2D eigenvalue weighted by Gasteiger charge is -2.36. The van der Waals surface area contributed by atoms with Crippen molar-refractivity contribution in [2.45, 2.75) is 130 Å². The Balaban J connectivity index is 2.71. The van der Waals surface area contributed by atoms with Crippen LogP contribution >= 0.6 is 0 Å². The Labute approximate surface area is 269 Å². The molecule has 254 valence electrons. The van der Waals surface area contributed by atoms with E-state index in [1.165, 1.54) is 11.0 Å². The molecule has 45 heavy (non-hydrogen) atoms. The number of ether oxygens (including phenoxy) is 4. The number of carbonyl (C=O) groups is 2. The van der Waals surface area contributed by atoms with Gasteiger partial charge in [-0.1, -0.05) is 26.8 Å². The fraction of sp³-hybridized carbons (Fsp3) is 0.697. The minimum absolute atomic E-state index is 0.0265. The molecule has 1 aromatic rings. The lowest BCUT2D eigenvalue weighted by Crippen LogP contribution is -2.41. The van der Waals surface area contributed by atoms with E-state index in [9.17, 15) is 19.7 Å². The molecule has 1 aliphatic carbocycles. The maximum absolute atomic E-state index is 13.1. The van der Waals surface area contributed by atoms with Crippen LogP contribution in [-0.4, -0.2) is 68.3 Å². The summed E-state index contributed by atoms with van der Waals surface area (Å²) in [6.07, 6.45) is 3.29. The first-order chi connectivity index (χ1) is 20.5. The largest absolute Gasteiger partial charge is 0.485 e. The Morgan fingerprint density at radius 1 is 0.978 bits per heavy atom. The molecule has 0 aromatic heterocycles. The van der Waals surface area contributed by atoms with E-state index in [4.69, 9.17) is 23.4 Å². The molecule has 2 atom stereocenters. The van der Waals surface area contributed by atoms with Crippen molar-refractivity contribution in [3.8, 4) is 5.75 Å². The zero-order chi connectivity index (χ0) is 34.4. The van der Waals surface area contributed by atoms with Crippen LogP contribution in [0.25, 0.3) is 0 Å². The number of hydrogen-bond acceptors (Lipinski definition) is 10. The van der Waals surface area contributed by atoms with Gasteiger partial charge in [-0.2, -0.15) is 0 Å². The second-order valence-electron chi connectivity index (χ2n) is 15.0. The smallest absolute Gasteiger partial charge is 0.326 e. The van der Waals surface area contributed by atoms with E-state index in [1.54, 1.807) is 53.7 Å². The third kappa shape index (κ3) is 12.1. The first-order valence-electron chi connectivity index (χ1n) is 15.6. The molecule has 12 heteroatoms. The van der Waals surface area contributed by atoms with Crippen molar-refractivity contribution < 1.29 is 37.9 Å². The van der Waals surface area contributed by atoms with Gasteiger partial charge in [0.2, 0.25) is 0 Å². The third-order valence-corrected chi connectivity index (χ3v) is 12.1. The van der Waals surface area contributed by atoms with E-state index in [-0.39, 0.29) is 42.3 Å². The summed E-state index contributed by atoms with van der Waals surface area (Å²) in [6.45, 7) is 24.3. The number of nitrogens with zero attached hydrogens (tertiary/aromatic N) is 2. The molecule has 0 bridgehead atoms. The lowest BCUT2D eigenvalue weighted by molar-refractivity contribution is -0.385. The van der Waals surface area contributed by atoms with Crippen molar-refractivity contribution >= 4 is 31.6 Å². The van der Waals surface area contributed by atoms with Gasteiger partial charge in [0, 0.05) is 0 Å². The van der Waals surface area contributed by atoms with Crippen LogP contribution in [0, 0.1) is 10.1 Å². The predicted octanol–water partition coefficient (Wildman–Crippen LogP) is 7.11. The quantitative estimate of drug-likeness (QED) is 0.0676. The summed E-state index contributed by atoms with van der Waals surface area (Å²) in [7, 11) is -2.30. The molecule has 1 saturated carbocycles. The van der Waals surface area contributed by atoms with Crippen LogP contribution in [0.2, 0.25) is 18.1 Å². The molecule has 0 aliphatic heterocycles. The fourth-order valence-electron chi connectivity index (χ4n) is 4.56. The Bertz CT molecular complexity index is 1180. The Kier molecular flexibility index (Phi) is 12.8. The lowest BCUT2D eigenvalue weighted by atomic mass is 10.1. The van der Waals surface area contributed by atoms with Gasteiger partial charge in [-0.3, -0.25) is 19.7 Å². The fourth-order valence-corrected chi connectivity index (χ4v) is 5.51. The van der Waals surface area contributed by atoms with E-state index in [0.29, 0.717) is 24.3 Å². The number of carbonyl (C=O) groups excluding carboxylic acids is 2. The van der Waals surface area contributed by atoms with Gasteiger partial charge >= 0.3 is 11.9 Å². The minimum atomic E-state index is -2.30. The van der Waals surface area contributed by atoms with Gasteiger partial charge in [-0.05, 0) is 85.0 Å². The molecule has 1 aromatic carbocycles. The van der Waals surface area contributed by atoms with Crippen molar-refractivity contribution in [1.82, 2.24) is 0 Å². The van der Waals surface area contributed by atoms with Gasteiger partial charge in [-0.25, -0.2) is 0 Å². The van der Waals surface area contributed by atoms with Gasteiger partial charge < -0.3 is 28.3 Å². The van der Waals surface area contributed by atoms with Crippen molar-refractivity contribution in [2.24, 2.45) is 0 Å². The van der Waals surface area contributed by atoms with Gasteiger partial charge in [0.25, 0.3) is 5.69 Å². The highest BCUT2D eigenvalue weighted by Gasteiger charge is 2.38. The topological polar surface area (TPSA) is 127 Å². The molecule has 1 aliphatic rings. The zero-order valence-corrected chi connectivity index (χ0v) is 30.1. The van der Waals surface area contributed by atoms with E-state index < -0.39 is 42.5 Å². The number of esters is 2. The van der Waals surface area contributed by atoms with Gasteiger partial charge in [0.15, 0.2) is 8.32 Å². The van der Waals surface area contributed by atoms with Gasteiger partial charge in [0.1, 0.15) is 36.1 Å². The SMILES string of the molecule is C=CCO[C@@H]1CCC[C@H]1Oc1cc([N+](=O)[O-])c(CO[Si](C)(C)C(C)(C)C)cc1N(CC(=O)OC(C)(C)C)CC(=O)OC(C)(C)C. The van der Waals surface area contributed by atoms with Crippen molar-refractivity contribution in [2.75, 3.05) is 24.6 Å². The van der Waals surface area contributed by atoms with Crippen LogP contribution in [0.1, 0.15) is 87.1 Å². The van der Waals surface area contributed by atoms with Crippen molar-refractivity contribution in [1.29, 1.82) is 0 Å². The molecular weight excluding hydrogens is 596 g/mol. The highest BCUT2D eigenvalue weighted by atomic mass is 28.4. The summed E-state index contributed by atoms with van der Waals surface area (Å²) in [6, 6.07) is 2.95. The molecule has 0 spiro atoms. The summed E-state index contributed by atoms with van der Waals surface area (Å²) in [5.74, 6) is -1.01. The molecule has 11 nitrogen and oxygen atoms in total. The molecule has 0 saturated heterocycles. The van der Waals surface area contributed by atoms with Crippen LogP contribution in [0.5, 0.6) is 5.75 Å². The molecule has 1 fully saturated rings. The predicted molar refractivity (Wildman–Crippen MR) is 177 cm³/mol. The van der Waals surface area contributed by atoms with Crippen LogP contribution in [-0.2, 0) is 34.8 Å². The highest BCUT2D eigenvalue weighted by molar-refractivity contribution is 6.74. The summed E-state index contributed by atoms with van der Waals surface area (Å²) in [5.41, 5.74) is -1.10. The number of nitro groups is 1. The zero-order valence-electron chi connectivity index (χ0n) is 29.1. The van der Waals surface area contributed by atoms with Crippen molar-refractivity contribution in [3.05, 3.63) is 40.5 Å². The second-order valence-corrected chi connectivity index (χ2v) is 19.8. The van der Waals surface area contributed by atoms with E-state index in [1.807, 2.05) is 0 Å². The number of rotatable bonds is 14. The van der Waals surface area contributed by atoms with Gasteiger partial charge in [0.05, 0.1) is 41.6 Å². The molecule has 2 rings (SSSR count). The average Bonchev–Trinajstić information content (AvgIpc) is 3.29. The second kappa shape index (κ2) is 15.1. The van der Waals surface area contributed by atoms with Crippen molar-refractivity contribution in [3.63, 3.8) is 0 Å². The first-order valence-corrected chi connectivity index (χ1v) is 18.5. The maximum Gasteiger partial charge on any atom is 0.326 e. The van der Waals surface area contributed by atoms with Crippen LogP contribution in [0.4, 0.5) is 11.4 Å². The summed E-state index contributed by atoms with van der Waals surface area (Å²) >= 11 is 0.